The Hall–Kier alpha value is -2.84. The minimum Gasteiger partial charge on any atom is -0.425 e. The first-order valence-electron chi connectivity index (χ1n) is 10.2. The molecule has 8 heteroatoms. The molecular formula is C24H32N2O5S. The van der Waals surface area contributed by atoms with E-state index in [1.807, 2.05) is 51.3 Å². The van der Waals surface area contributed by atoms with Crippen molar-refractivity contribution in [3.05, 3.63) is 59.7 Å². The van der Waals surface area contributed by atoms with Gasteiger partial charge < -0.3 is 20.5 Å². The molecule has 1 amide bonds. The molecule has 0 aliphatic carbocycles. The molecule has 2 rings (SSSR count). The smallest absolute Gasteiger partial charge is 0.334 e. The number of carbonyl (C=O) groups is 3. The van der Waals surface area contributed by atoms with E-state index in [9.17, 15) is 14.4 Å². The van der Waals surface area contributed by atoms with Crippen LogP contribution in [0.25, 0.3) is 0 Å². The fourth-order valence-electron chi connectivity index (χ4n) is 2.34. The molecule has 2 unspecified atom stereocenters. The fraction of sp³-hybridized carbons (Fsp3) is 0.375. The van der Waals surface area contributed by atoms with E-state index in [4.69, 9.17) is 15.2 Å². The molecule has 0 bridgehead atoms. The van der Waals surface area contributed by atoms with Crippen LogP contribution in [0.15, 0.2) is 48.5 Å². The topological polar surface area (TPSA) is 108 Å². The molecule has 2 aromatic rings. The monoisotopic (exact) mass is 460 g/mol. The lowest BCUT2D eigenvalue weighted by atomic mass is 10.2. The summed E-state index contributed by atoms with van der Waals surface area (Å²) in [6, 6.07) is 13.4. The number of hydrogen-bond donors (Lipinski definition) is 2. The van der Waals surface area contributed by atoms with Gasteiger partial charge in [-0.15, -0.1) is 0 Å². The molecule has 0 saturated heterocycles. The van der Waals surface area contributed by atoms with E-state index in [0.29, 0.717) is 23.7 Å². The Morgan fingerprint density at radius 3 is 1.72 bits per heavy atom. The Labute approximate surface area is 194 Å². The van der Waals surface area contributed by atoms with Crippen molar-refractivity contribution in [2.45, 2.75) is 46.2 Å². The van der Waals surface area contributed by atoms with Crippen LogP contribution in [0.2, 0.25) is 0 Å². The van der Waals surface area contributed by atoms with Crippen molar-refractivity contribution in [1.82, 2.24) is 5.32 Å². The number of nitrogens with two attached hydrogens (primary N) is 1. The van der Waals surface area contributed by atoms with Gasteiger partial charge in [0.15, 0.2) is 0 Å². The second kappa shape index (κ2) is 14.3. The van der Waals surface area contributed by atoms with E-state index in [2.05, 4.69) is 5.32 Å². The number of rotatable bonds is 8. The molecule has 0 aromatic heterocycles. The average Bonchev–Trinajstić information content (AvgIpc) is 2.76. The third-order valence-corrected chi connectivity index (χ3v) is 4.88. The first-order valence-corrected chi connectivity index (χ1v) is 11.6. The van der Waals surface area contributed by atoms with E-state index in [0.717, 1.165) is 11.1 Å². The standard InChI is InChI=1S/C13H17NO3S.C11H15NO2/c1-9-4-6-11(7-5-9)17-13(16)12(8-18-3)14-10(2)15;1-3-10(12)11(13)14-9-6-4-8(2)5-7-9/h4-7,12H,8H2,1-3H3,(H,14,15);4-7,10H,3,12H2,1-2H3. The van der Waals surface area contributed by atoms with E-state index in [1.54, 1.807) is 24.3 Å². The highest BCUT2D eigenvalue weighted by Gasteiger charge is 2.21. The number of hydrogen-bond acceptors (Lipinski definition) is 7. The van der Waals surface area contributed by atoms with Crippen LogP contribution in [0.1, 0.15) is 31.4 Å². The predicted molar refractivity (Wildman–Crippen MR) is 128 cm³/mol. The second-order valence-corrected chi connectivity index (χ2v) is 8.10. The van der Waals surface area contributed by atoms with Gasteiger partial charge in [-0.1, -0.05) is 42.3 Å². The highest BCUT2D eigenvalue weighted by Crippen LogP contribution is 2.13. The summed E-state index contributed by atoms with van der Waals surface area (Å²) in [5.74, 6) is 0.464. The number of aryl methyl sites for hydroxylation is 2. The van der Waals surface area contributed by atoms with Gasteiger partial charge in [-0.05, 0) is 50.8 Å². The van der Waals surface area contributed by atoms with Gasteiger partial charge in [0, 0.05) is 12.7 Å². The van der Waals surface area contributed by atoms with Crippen molar-refractivity contribution in [3.8, 4) is 11.5 Å². The predicted octanol–water partition coefficient (Wildman–Crippen LogP) is 3.41. The van der Waals surface area contributed by atoms with Gasteiger partial charge in [-0.3, -0.25) is 4.79 Å². The van der Waals surface area contributed by atoms with Gasteiger partial charge in [-0.2, -0.15) is 11.8 Å². The Balaban J connectivity index is 0.000000330. The number of esters is 2. The summed E-state index contributed by atoms with van der Waals surface area (Å²) < 4.78 is 10.3. The minimum atomic E-state index is -0.612. The summed E-state index contributed by atoms with van der Waals surface area (Å²) in [7, 11) is 0. The highest BCUT2D eigenvalue weighted by atomic mass is 32.2. The molecule has 2 atom stereocenters. The van der Waals surface area contributed by atoms with E-state index in [1.165, 1.54) is 18.7 Å². The summed E-state index contributed by atoms with van der Waals surface area (Å²) in [4.78, 5) is 34.2. The second-order valence-electron chi connectivity index (χ2n) is 7.19. The molecule has 0 heterocycles. The van der Waals surface area contributed by atoms with Gasteiger partial charge in [0.1, 0.15) is 23.6 Å². The first kappa shape index (κ1) is 27.2. The van der Waals surface area contributed by atoms with Crippen LogP contribution in [-0.4, -0.2) is 41.9 Å². The molecule has 2 aromatic carbocycles. The average molecular weight is 461 g/mol. The zero-order chi connectivity index (χ0) is 24.1. The number of carbonyl (C=O) groups excluding carboxylic acids is 3. The highest BCUT2D eigenvalue weighted by molar-refractivity contribution is 7.98. The van der Waals surface area contributed by atoms with Crippen LogP contribution in [0, 0.1) is 13.8 Å². The third-order valence-electron chi connectivity index (χ3n) is 4.22. The zero-order valence-electron chi connectivity index (χ0n) is 19.2. The van der Waals surface area contributed by atoms with Gasteiger partial charge in [-0.25, -0.2) is 9.59 Å². The van der Waals surface area contributed by atoms with Crippen LogP contribution < -0.4 is 20.5 Å². The summed E-state index contributed by atoms with van der Waals surface area (Å²) in [5.41, 5.74) is 7.74. The SMILES string of the molecule is CCC(N)C(=O)Oc1ccc(C)cc1.CSCC(NC(C)=O)C(=O)Oc1ccc(C)cc1. The molecule has 32 heavy (non-hydrogen) atoms. The molecule has 0 radical (unpaired) electrons. The summed E-state index contributed by atoms with van der Waals surface area (Å²) in [6.07, 6.45) is 2.46. The maximum atomic E-state index is 11.9. The van der Waals surface area contributed by atoms with Crippen molar-refractivity contribution in [2.24, 2.45) is 5.73 Å². The Morgan fingerprint density at radius 2 is 1.34 bits per heavy atom. The fourth-order valence-corrected chi connectivity index (χ4v) is 2.89. The molecular weight excluding hydrogens is 428 g/mol. The largest absolute Gasteiger partial charge is 0.425 e. The molecule has 0 aliphatic rings. The summed E-state index contributed by atoms with van der Waals surface area (Å²) in [6.45, 7) is 7.16. The first-order chi connectivity index (χ1) is 15.2. The van der Waals surface area contributed by atoms with Gasteiger partial charge in [0.25, 0.3) is 0 Å². The van der Waals surface area contributed by atoms with Crippen LogP contribution in [0.4, 0.5) is 0 Å². The van der Waals surface area contributed by atoms with Crippen molar-refractivity contribution >= 4 is 29.6 Å². The summed E-state index contributed by atoms with van der Waals surface area (Å²) >= 11 is 1.48. The number of benzene rings is 2. The van der Waals surface area contributed by atoms with E-state index < -0.39 is 18.1 Å². The molecule has 0 spiro atoms. The Morgan fingerprint density at radius 1 is 0.906 bits per heavy atom. The maximum absolute atomic E-state index is 11.9. The number of amides is 1. The zero-order valence-corrected chi connectivity index (χ0v) is 20.0. The van der Waals surface area contributed by atoms with Gasteiger partial charge in [0.2, 0.25) is 5.91 Å². The minimum absolute atomic E-state index is 0.241. The molecule has 0 saturated carbocycles. The number of nitrogens with one attached hydrogen (secondary N) is 1. The molecule has 3 N–H and O–H groups in total. The summed E-state index contributed by atoms with van der Waals surface area (Å²) in [5, 5.41) is 2.58. The normalized spacial score (nSPS) is 11.9. The van der Waals surface area contributed by atoms with E-state index in [-0.39, 0.29) is 11.9 Å². The van der Waals surface area contributed by atoms with Gasteiger partial charge in [0.05, 0.1) is 0 Å². The maximum Gasteiger partial charge on any atom is 0.334 e. The third kappa shape index (κ3) is 10.5. The van der Waals surface area contributed by atoms with Crippen molar-refractivity contribution < 1.29 is 23.9 Å². The molecule has 174 valence electrons. The van der Waals surface area contributed by atoms with Crippen LogP contribution >= 0.6 is 11.8 Å². The number of ether oxygens (including phenoxy) is 2. The van der Waals surface area contributed by atoms with Gasteiger partial charge >= 0.3 is 11.9 Å². The lowest BCUT2D eigenvalue weighted by molar-refractivity contribution is -0.138. The van der Waals surface area contributed by atoms with Crippen molar-refractivity contribution in [2.75, 3.05) is 12.0 Å². The lowest BCUT2D eigenvalue weighted by Gasteiger charge is -2.15. The Bertz CT molecular complexity index is 869. The molecule has 0 fully saturated rings. The number of thioether (sulfide) groups is 1. The molecule has 0 aliphatic heterocycles. The van der Waals surface area contributed by atoms with Crippen LogP contribution in [0.5, 0.6) is 11.5 Å². The Kier molecular flexibility index (Phi) is 12.1. The lowest BCUT2D eigenvalue weighted by Crippen LogP contribution is -2.43. The van der Waals surface area contributed by atoms with Crippen molar-refractivity contribution in [3.63, 3.8) is 0 Å². The van der Waals surface area contributed by atoms with Crippen molar-refractivity contribution in [1.29, 1.82) is 0 Å². The van der Waals surface area contributed by atoms with Crippen LogP contribution in [-0.2, 0) is 14.4 Å². The quantitative estimate of drug-likeness (QED) is 0.459. The van der Waals surface area contributed by atoms with E-state index >= 15 is 0 Å². The van der Waals surface area contributed by atoms with Crippen LogP contribution in [0.3, 0.4) is 0 Å². The molecule has 7 nitrogen and oxygen atoms in total.